The van der Waals surface area contributed by atoms with Crippen molar-refractivity contribution in [3.63, 3.8) is 0 Å². The molecule has 2 unspecified atom stereocenters. The maximum atomic E-state index is 12.8. The third-order valence-electron chi connectivity index (χ3n) is 15.7. The minimum absolute atomic E-state index is 0.0548. The number of phosphoric ester groups is 1. The van der Waals surface area contributed by atoms with Crippen LogP contribution in [0.3, 0.4) is 0 Å². The number of ether oxygens (including phenoxy) is 2. The zero-order valence-corrected chi connectivity index (χ0v) is 54.4. The second-order valence-corrected chi connectivity index (χ2v) is 25.2. The van der Waals surface area contributed by atoms with Gasteiger partial charge in [-0.1, -0.05) is 319 Å². The highest BCUT2D eigenvalue weighted by molar-refractivity contribution is 7.47. The maximum absolute atomic E-state index is 12.8. The van der Waals surface area contributed by atoms with Gasteiger partial charge in [0, 0.05) is 19.4 Å². The van der Waals surface area contributed by atoms with E-state index in [1.807, 2.05) is 0 Å². The van der Waals surface area contributed by atoms with Gasteiger partial charge >= 0.3 is 19.8 Å². The molecule has 0 radical (unpaired) electrons. The number of unbranched alkanes of at least 4 members (excludes halogenated alkanes) is 46. The monoisotopic (exact) mass is 1160 g/mol. The van der Waals surface area contributed by atoms with Crippen LogP contribution in [0, 0.1) is 0 Å². The summed E-state index contributed by atoms with van der Waals surface area (Å²) in [4.78, 5) is 35.3. The first-order valence-electron chi connectivity index (χ1n) is 35.1. The average Bonchev–Trinajstić information content (AvgIpc) is 3.46. The standard InChI is InChI=1S/C71H134NO8P/c1-3-5-7-9-11-13-15-17-19-21-23-25-27-29-30-31-32-33-34-35-36-37-38-40-42-44-46-48-50-52-54-56-58-60-62-64-71(74)80-69(68-79-81(75,76)78-66-65-72)67-77-70(73)63-61-59-57-55-53-51-49-47-45-43-41-39-28-26-24-22-20-18-16-14-12-10-8-6-4-2/h15-18,21-24,69H,3-14,19-20,25-68,72H2,1-2H3,(H,75,76)/b17-15-,18-16-,23-21-,24-22-. The lowest BCUT2D eigenvalue weighted by Crippen LogP contribution is -2.29. The molecule has 0 aliphatic heterocycles. The summed E-state index contributed by atoms with van der Waals surface area (Å²) in [5.74, 6) is -0.810. The molecule has 0 fully saturated rings. The molecule has 476 valence electrons. The molecule has 0 saturated carbocycles. The van der Waals surface area contributed by atoms with Crippen LogP contribution >= 0.6 is 7.82 Å². The number of carbonyl (C=O) groups is 2. The molecule has 0 amide bonds. The fraction of sp³-hybridized carbons (Fsp3) is 0.859. The summed E-state index contributed by atoms with van der Waals surface area (Å²) in [6, 6.07) is 0. The largest absolute Gasteiger partial charge is 0.472 e. The van der Waals surface area contributed by atoms with Crippen LogP contribution in [0.25, 0.3) is 0 Å². The van der Waals surface area contributed by atoms with Gasteiger partial charge < -0.3 is 20.1 Å². The van der Waals surface area contributed by atoms with E-state index in [-0.39, 0.29) is 38.6 Å². The molecule has 0 rings (SSSR count). The van der Waals surface area contributed by atoms with Crippen LogP contribution in [0.2, 0.25) is 0 Å². The summed E-state index contributed by atoms with van der Waals surface area (Å²) >= 11 is 0. The number of nitrogens with two attached hydrogens (primary N) is 1. The average molecular weight is 1160 g/mol. The topological polar surface area (TPSA) is 134 Å². The minimum Gasteiger partial charge on any atom is -0.462 e. The van der Waals surface area contributed by atoms with Crippen molar-refractivity contribution in [3.8, 4) is 0 Å². The predicted molar refractivity (Wildman–Crippen MR) is 349 cm³/mol. The highest BCUT2D eigenvalue weighted by Crippen LogP contribution is 2.43. The predicted octanol–water partition coefficient (Wildman–Crippen LogP) is 22.9. The number of rotatable bonds is 67. The van der Waals surface area contributed by atoms with Crippen molar-refractivity contribution in [2.24, 2.45) is 5.73 Å². The van der Waals surface area contributed by atoms with Crippen molar-refractivity contribution < 1.29 is 37.6 Å². The Hall–Kier alpha value is -2.03. The Bertz CT molecular complexity index is 1470. The normalized spacial score (nSPS) is 13.2. The van der Waals surface area contributed by atoms with Gasteiger partial charge in [0.2, 0.25) is 0 Å². The van der Waals surface area contributed by atoms with Gasteiger partial charge in [-0.2, -0.15) is 0 Å². The molecule has 0 aromatic rings. The van der Waals surface area contributed by atoms with Crippen LogP contribution in [0.4, 0.5) is 0 Å². The van der Waals surface area contributed by atoms with E-state index in [1.165, 1.54) is 283 Å². The summed E-state index contributed by atoms with van der Waals surface area (Å²) in [7, 11) is -4.39. The van der Waals surface area contributed by atoms with E-state index >= 15 is 0 Å². The van der Waals surface area contributed by atoms with E-state index in [1.54, 1.807) is 0 Å². The second-order valence-electron chi connectivity index (χ2n) is 23.7. The molecule has 0 bridgehead atoms. The van der Waals surface area contributed by atoms with Crippen LogP contribution in [0.15, 0.2) is 48.6 Å². The Morgan fingerprint density at radius 1 is 0.370 bits per heavy atom. The molecule has 81 heavy (non-hydrogen) atoms. The first kappa shape index (κ1) is 79.0. The Kier molecular flexibility index (Phi) is 65.4. The molecule has 9 nitrogen and oxygen atoms in total. The number of phosphoric acid groups is 1. The molecular weight excluding hydrogens is 1030 g/mol. The first-order valence-corrected chi connectivity index (χ1v) is 36.6. The molecule has 3 N–H and O–H groups in total. The SMILES string of the molecule is CCCCCCC/C=C\C/C=C\CCCCCCCCCCCCCCCCCCCCCCCCCC(=O)OC(COC(=O)CCCCCCCCCCCCCCC/C=C\C/C=C\CCCCCCC)COP(=O)(O)OCCN. The maximum Gasteiger partial charge on any atom is 0.472 e. The molecule has 0 heterocycles. The Balaban J connectivity index is 3.82. The van der Waals surface area contributed by atoms with Crippen LogP contribution in [0.5, 0.6) is 0 Å². The number of esters is 2. The first-order chi connectivity index (χ1) is 39.8. The van der Waals surface area contributed by atoms with Crippen molar-refractivity contribution in [3.05, 3.63) is 48.6 Å². The fourth-order valence-corrected chi connectivity index (χ4v) is 11.2. The Labute approximate surface area is 502 Å². The van der Waals surface area contributed by atoms with E-state index in [0.717, 1.165) is 44.9 Å². The van der Waals surface area contributed by atoms with Gasteiger partial charge in [0.1, 0.15) is 6.61 Å². The lowest BCUT2D eigenvalue weighted by molar-refractivity contribution is -0.161. The van der Waals surface area contributed by atoms with E-state index < -0.39 is 26.5 Å². The zero-order valence-electron chi connectivity index (χ0n) is 53.5. The van der Waals surface area contributed by atoms with Gasteiger partial charge in [0.25, 0.3) is 0 Å². The van der Waals surface area contributed by atoms with Gasteiger partial charge in [0.05, 0.1) is 13.2 Å². The third-order valence-corrected chi connectivity index (χ3v) is 16.7. The third kappa shape index (κ3) is 67.0. The molecule has 0 aliphatic carbocycles. The molecule has 0 saturated heterocycles. The van der Waals surface area contributed by atoms with Crippen LogP contribution < -0.4 is 5.73 Å². The second kappa shape index (κ2) is 67.1. The van der Waals surface area contributed by atoms with Crippen LogP contribution in [-0.2, 0) is 32.7 Å². The molecule has 0 aromatic heterocycles. The Morgan fingerprint density at radius 2 is 0.642 bits per heavy atom. The van der Waals surface area contributed by atoms with Gasteiger partial charge in [-0.25, -0.2) is 4.57 Å². The van der Waals surface area contributed by atoms with Crippen molar-refractivity contribution in [2.45, 2.75) is 367 Å². The van der Waals surface area contributed by atoms with Gasteiger partial charge in [-0.15, -0.1) is 0 Å². The molecule has 10 heteroatoms. The molecular formula is C71H134NO8P. The van der Waals surface area contributed by atoms with Crippen LogP contribution in [0.1, 0.15) is 361 Å². The summed E-state index contributed by atoms with van der Waals surface area (Å²) < 4.78 is 33.2. The molecule has 0 aromatic carbocycles. The lowest BCUT2D eigenvalue weighted by Gasteiger charge is -2.19. The molecule has 0 aliphatic rings. The van der Waals surface area contributed by atoms with Crippen molar-refractivity contribution in [2.75, 3.05) is 26.4 Å². The van der Waals surface area contributed by atoms with Gasteiger partial charge in [-0.3, -0.25) is 18.6 Å². The van der Waals surface area contributed by atoms with Gasteiger partial charge in [0.15, 0.2) is 6.10 Å². The minimum atomic E-state index is -4.39. The Morgan fingerprint density at radius 3 is 0.938 bits per heavy atom. The quantitative estimate of drug-likeness (QED) is 0.0264. The van der Waals surface area contributed by atoms with E-state index in [2.05, 4.69) is 62.5 Å². The van der Waals surface area contributed by atoms with Gasteiger partial charge in [-0.05, 0) is 77.0 Å². The summed E-state index contributed by atoms with van der Waals surface area (Å²) in [5, 5.41) is 0. The number of carbonyl (C=O) groups excluding carboxylic acids is 2. The summed E-state index contributed by atoms with van der Waals surface area (Å²) in [5.41, 5.74) is 5.40. The smallest absolute Gasteiger partial charge is 0.462 e. The van der Waals surface area contributed by atoms with E-state index in [0.29, 0.717) is 6.42 Å². The fourth-order valence-electron chi connectivity index (χ4n) is 10.5. The van der Waals surface area contributed by atoms with Crippen LogP contribution in [-0.4, -0.2) is 49.3 Å². The summed E-state index contributed by atoms with van der Waals surface area (Å²) in [6.07, 6.45) is 85.0. The number of allylic oxidation sites excluding steroid dienone is 8. The highest BCUT2D eigenvalue weighted by Gasteiger charge is 2.26. The van der Waals surface area contributed by atoms with Crippen molar-refractivity contribution >= 4 is 19.8 Å². The highest BCUT2D eigenvalue weighted by atomic mass is 31.2. The summed E-state index contributed by atoms with van der Waals surface area (Å²) in [6.45, 7) is 3.78. The number of hydrogen-bond acceptors (Lipinski definition) is 8. The lowest BCUT2D eigenvalue weighted by atomic mass is 10.0. The zero-order chi connectivity index (χ0) is 58.7. The number of hydrogen-bond donors (Lipinski definition) is 2. The molecule has 2 atom stereocenters. The molecule has 0 spiro atoms. The van der Waals surface area contributed by atoms with Crippen molar-refractivity contribution in [1.82, 2.24) is 0 Å². The van der Waals surface area contributed by atoms with E-state index in [4.69, 9.17) is 24.3 Å². The van der Waals surface area contributed by atoms with E-state index in [9.17, 15) is 19.0 Å². The van der Waals surface area contributed by atoms with Crippen molar-refractivity contribution in [1.29, 1.82) is 0 Å².